The molecule has 0 aromatic rings. The van der Waals surface area contributed by atoms with Crippen molar-refractivity contribution in [3.63, 3.8) is 0 Å². The first-order chi connectivity index (χ1) is 47.6. The van der Waals surface area contributed by atoms with E-state index in [1.165, 1.54) is 469 Å². The largest absolute Gasteiger partial charge is 0.0654 e. The lowest BCUT2D eigenvalue weighted by Crippen LogP contribution is -2.20. The molecular formula is C97H202. The highest BCUT2D eigenvalue weighted by atomic mass is 14.3. The van der Waals surface area contributed by atoms with Gasteiger partial charge in [-0.05, 0) is 66.6 Å². The molecule has 0 amide bonds. The molecule has 6 unspecified atom stereocenters. The molecule has 0 aliphatic heterocycles. The van der Waals surface area contributed by atoms with Gasteiger partial charge in [0.2, 0.25) is 0 Å². The van der Waals surface area contributed by atoms with E-state index >= 15 is 0 Å². The summed E-state index contributed by atoms with van der Waals surface area (Å²) in [6.45, 7) is 37.7. The summed E-state index contributed by atoms with van der Waals surface area (Å²) in [5.74, 6) is 8.07. The Hall–Kier alpha value is 0. The number of unbranched alkanes of at least 4 members (excludes halogenated alkanes) is 40. The first kappa shape index (κ1) is 103. The van der Waals surface area contributed by atoms with Crippen LogP contribution >= 0.6 is 0 Å². The van der Waals surface area contributed by atoms with Crippen LogP contribution in [0.5, 0.6) is 0 Å². The van der Waals surface area contributed by atoms with Crippen molar-refractivity contribution < 1.29 is 0 Å². The predicted molar refractivity (Wildman–Crippen MR) is 456 cm³/mol. The van der Waals surface area contributed by atoms with E-state index in [9.17, 15) is 0 Å². The van der Waals surface area contributed by atoms with Crippen molar-refractivity contribution >= 4 is 0 Å². The van der Waals surface area contributed by atoms with Crippen molar-refractivity contribution in [2.45, 2.75) is 579 Å². The second-order valence-corrected chi connectivity index (χ2v) is 33.3. The summed E-state index contributed by atoms with van der Waals surface area (Å²) in [7, 11) is 0. The van der Waals surface area contributed by atoms with Crippen LogP contribution in [-0.2, 0) is 0 Å². The first-order valence-corrected chi connectivity index (χ1v) is 47.6. The molecule has 0 nitrogen and oxygen atoms in total. The molecule has 0 bridgehead atoms. The molecule has 0 aromatic carbocycles. The van der Waals surface area contributed by atoms with Gasteiger partial charge in [0.1, 0.15) is 0 Å². The fraction of sp³-hybridized carbons (Fsp3) is 1.00. The summed E-state index contributed by atoms with van der Waals surface area (Å²) in [6, 6.07) is 0. The smallest absolute Gasteiger partial charge is 0.0386 e. The SMILES string of the molecule is CCCCCCCC(CCCCC)CCCCC.CCCCCCCCC(CC)C(CCCCC)CCC(CC)C(CCC)CCCCCCC.CCCCCCCCC(CCCCCCCCCC(CCC)CCCCC)CC(CCC)CCC.CCCCCCCCCCC. The van der Waals surface area contributed by atoms with Gasteiger partial charge in [-0.15, -0.1) is 0 Å². The zero-order chi connectivity index (χ0) is 72.2. The van der Waals surface area contributed by atoms with Crippen LogP contribution in [0.15, 0.2) is 0 Å². The van der Waals surface area contributed by atoms with Gasteiger partial charge in [0, 0.05) is 0 Å². The Morgan fingerprint density at radius 2 is 0.278 bits per heavy atom. The van der Waals surface area contributed by atoms with Gasteiger partial charge in [-0.1, -0.05) is 560 Å². The Bertz CT molecular complexity index is 1260. The van der Waals surface area contributed by atoms with E-state index in [0.29, 0.717) is 0 Å². The monoisotopic (exact) mass is 1370 g/mol. The van der Waals surface area contributed by atoms with Crippen molar-refractivity contribution in [3.8, 4) is 0 Å². The molecule has 0 aliphatic carbocycles. The molecular weight excluding hydrogens is 1170 g/mol. The van der Waals surface area contributed by atoms with Crippen LogP contribution in [0.3, 0.4) is 0 Å². The number of hydrogen-bond donors (Lipinski definition) is 0. The van der Waals surface area contributed by atoms with Gasteiger partial charge in [-0.2, -0.15) is 0 Å². The van der Waals surface area contributed by atoms with Crippen LogP contribution in [0.25, 0.3) is 0 Å². The summed E-state index contributed by atoms with van der Waals surface area (Å²) < 4.78 is 0. The minimum Gasteiger partial charge on any atom is -0.0654 e. The van der Waals surface area contributed by atoms with Crippen molar-refractivity contribution in [2.24, 2.45) is 47.3 Å². The highest BCUT2D eigenvalue weighted by molar-refractivity contribution is 4.76. The first-order valence-electron chi connectivity index (χ1n) is 47.6. The van der Waals surface area contributed by atoms with Crippen LogP contribution in [0.2, 0.25) is 0 Å². The summed E-state index contributed by atoms with van der Waals surface area (Å²) in [5.41, 5.74) is 0. The quantitative estimate of drug-likeness (QED) is 0.0533. The number of rotatable bonds is 77. The highest BCUT2D eigenvalue weighted by Crippen LogP contribution is 2.37. The van der Waals surface area contributed by atoms with Crippen molar-refractivity contribution in [2.75, 3.05) is 0 Å². The third-order valence-electron chi connectivity index (χ3n) is 23.8. The molecule has 0 rings (SSSR count). The zero-order valence-corrected chi connectivity index (χ0v) is 72.2. The van der Waals surface area contributed by atoms with Crippen LogP contribution in [-0.4, -0.2) is 0 Å². The third-order valence-corrected chi connectivity index (χ3v) is 23.8. The van der Waals surface area contributed by atoms with Crippen LogP contribution in [0, 0.1) is 47.3 Å². The molecule has 0 saturated carbocycles. The van der Waals surface area contributed by atoms with Gasteiger partial charge in [-0.25, -0.2) is 0 Å². The molecule has 0 N–H and O–H groups in total. The average Bonchev–Trinajstić information content (AvgIpc) is 1.62. The molecule has 0 heteroatoms. The van der Waals surface area contributed by atoms with Gasteiger partial charge in [0.15, 0.2) is 0 Å². The van der Waals surface area contributed by atoms with Gasteiger partial charge in [-0.3, -0.25) is 0 Å². The molecule has 0 heterocycles. The minimum absolute atomic E-state index is 0.983. The lowest BCUT2D eigenvalue weighted by molar-refractivity contribution is 0.202. The van der Waals surface area contributed by atoms with Crippen molar-refractivity contribution in [1.29, 1.82) is 0 Å². The van der Waals surface area contributed by atoms with Crippen LogP contribution < -0.4 is 0 Å². The normalized spacial score (nSPS) is 13.4. The maximum Gasteiger partial charge on any atom is -0.0386 e. The van der Waals surface area contributed by atoms with E-state index in [1.54, 1.807) is 0 Å². The molecule has 97 heavy (non-hydrogen) atoms. The van der Waals surface area contributed by atoms with E-state index in [4.69, 9.17) is 0 Å². The van der Waals surface area contributed by atoms with Gasteiger partial charge in [0.25, 0.3) is 0 Å². The summed E-state index contributed by atoms with van der Waals surface area (Å²) in [4.78, 5) is 0. The Balaban J connectivity index is -0.000000642. The number of hydrogen-bond acceptors (Lipinski definition) is 0. The molecule has 590 valence electrons. The second-order valence-electron chi connectivity index (χ2n) is 33.3. The maximum absolute atomic E-state index is 2.49. The van der Waals surface area contributed by atoms with Gasteiger partial charge < -0.3 is 0 Å². The fourth-order valence-corrected chi connectivity index (χ4v) is 17.2. The third kappa shape index (κ3) is 80.0. The zero-order valence-electron chi connectivity index (χ0n) is 72.2. The maximum atomic E-state index is 2.49. The molecule has 0 aromatic heterocycles. The molecule has 0 spiro atoms. The van der Waals surface area contributed by atoms with E-state index in [1.807, 2.05) is 0 Å². The highest BCUT2D eigenvalue weighted by Gasteiger charge is 2.25. The Morgan fingerprint density at radius 1 is 0.113 bits per heavy atom. The van der Waals surface area contributed by atoms with Gasteiger partial charge >= 0.3 is 0 Å². The Kier molecular flexibility index (Phi) is 98.1. The standard InChI is InChI=1S/C35H72.C33H68.C18H38.C11H24/c1-6-11-13-14-18-23-30-35(32-34(26-9-4)27-10-5)31-24-20-17-15-16-19-22-29-33(25-8-3)28-21-12-7-2;1-7-13-16-18-20-22-25-30(11-5)33(26-21-15-9-3)29-28-31(12-6)32(24-10-4)27-23-19-17-14-8-2;1-4-7-10-11-14-17-18(15-12-8-5-2)16-13-9-6-3;1-3-5-7-9-11-10-8-6-4-2/h33-35H,6-32H2,1-5H3;30-33H,7-29H2,1-6H3;18H,4-17H2,1-3H3;3-11H2,1-2H3. The van der Waals surface area contributed by atoms with E-state index in [0.717, 1.165) is 47.3 Å². The second kappa shape index (κ2) is 92.1. The lowest BCUT2D eigenvalue weighted by Gasteiger charge is -2.31. The average molecular weight is 1370 g/mol. The minimum atomic E-state index is 0.983. The van der Waals surface area contributed by atoms with Crippen LogP contribution in [0.4, 0.5) is 0 Å². The summed E-state index contributed by atoms with van der Waals surface area (Å²) in [6.07, 6.45) is 106. The topological polar surface area (TPSA) is 0 Å². The fourth-order valence-electron chi connectivity index (χ4n) is 17.2. The van der Waals surface area contributed by atoms with Crippen LogP contribution in [0.1, 0.15) is 579 Å². The van der Waals surface area contributed by atoms with Gasteiger partial charge in [0.05, 0.1) is 0 Å². The molecule has 0 fully saturated rings. The lowest BCUT2D eigenvalue weighted by atomic mass is 9.74. The van der Waals surface area contributed by atoms with Crippen molar-refractivity contribution in [1.82, 2.24) is 0 Å². The van der Waals surface area contributed by atoms with Crippen molar-refractivity contribution in [3.05, 3.63) is 0 Å². The summed E-state index contributed by atoms with van der Waals surface area (Å²) >= 11 is 0. The molecule has 0 radical (unpaired) electrons. The summed E-state index contributed by atoms with van der Waals surface area (Å²) in [5, 5.41) is 0. The molecule has 0 aliphatic rings. The predicted octanol–water partition coefficient (Wildman–Crippen LogP) is 37.7. The molecule has 0 saturated heterocycles. The van der Waals surface area contributed by atoms with E-state index in [2.05, 4.69) is 111 Å². The Labute approximate surface area is 623 Å². The molecule has 6 atom stereocenters. The van der Waals surface area contributed by atoms with E-state index in [-0.39, 0.29) is 0 Å². The van der Waals surface area contributed by atoms with E-state index < -0.39 is 0 Å². The Morgan fingerprint density at radius 3 is 0.557 bits per heavy atom.